The summed E-state index contributed by atoms with van der Waals surface area (Å²) in [4.78, 5) is 16.9. The lowest BCUT2D eigenvalue weighted by Gasteiger charge is -2.24. The van der Waals surface area contributed by atoms with E-state index in [9.17, 15) is 15.2 Å². The number of carbonyl (C=O) groups is 1. The Balaban J connectivity index is 1.73. The summed E-state index contributed by atoms with van der Waals surface area (Å²) in [5, 5.41) is 22.5. The van der Waals surface area contributed by atoms with Crippen molar-refractivity contribution >= 4 is 44.9 Å². The van der Waals surface area contributed by atoms with Crippen LogP contribution in [0.25, 0.3) is 10.8 Å². The maximum atomic E-state index is 12.5. The number of hydrogen-bond donors (Lipinski definition) is 2. The zero-order valence-corrected chi connectivity index (χ0v) is 16.6. The van der Waals surface area contributed by atoms with Gasteiger partial charge in [-0.2, -0.15) is 0 Å². The maximum Gasteiger partial charge on any atom is 0.173 e. The molecule has 0 atom stereocenters. The molecule has 29 heavy (non-hydrogen) atoms. The van der Waals surface area contributed by atoms with Crippen LogP contribution in [0, 0.1) is 5.21 Å². The molecule has 8 heteroatoms. The van der Waals surface area contributed by atoms with Gasteiger partial charge in [0.25, 0.3) is 0 Å². The summed E-state index contributed by atoms with van der Waals surface area (Å²) >= 11 is 1.10. The summed E-state index contributed by atoms with van der Waals surface area (Å²) < 4.78 is 5.28. The van der Waals surface area contributed by atoms with Crippen LogP contribution in [0.2, 0.25) is 0 Å². The van der Waals surface area contributed by atoms with Crippen LogP contribution in [-0.2, 0) is 0 Å². The van der Waals surface area contributed by atoms with Gasteiger partial charge in [-0.1, -0.05) is 48.2 Å². The van der Waals surface area contributed by atoms with E-state index < -0.39 is 0 Å². The van der Waals surface area contributed by atoms with Crippen molar-refractivity contribution in [3.63, 3.8) is 0 Å². The molecule has 0 heterocycles. The Morgan fingerprint density at radius 2 is 1.97 bits per heavy atom. The fraction of sp³-hybridized carbons (Fsp3) is 0.143. The zero-order chi connectivity index (χ0) is 20.8. The van der Waals surface area contributed by atoms with Crippen molar-refractivity contribution in [3.05, 3.63) is 71.4 Å². The fourth-order valence-corrected chi connectivity index (χ4v) is 3.41. The van der Waals surface area contributed by atoms with Gasteiger partial charge in [0, 0.05) is 10.9 Å². The van der Waals surface area contributed by atoms with Crippen LogP contribution in [0.4, 0.5) is 11.4 Å². The van der Waals surface area contributed by atoms with Gasteiger partial charge < -0.3 is 20.9 Å². The number of rotatable bonds is 7. The zero-order valence-electron chi connectivity index (χ0n) is 15.7. The van der Waals surface area contributed by atoms with Crippen LogP contribution in [0.5, 0.6) is 5.75 Å². The lowest BCUT2D eigenvalue weighted by atomic mass is 10.1. The van der Waals surface area contributed by atoms with E-state index in [1.54, 1.807) is 13.0 Å². The summed E-state index contributed by atoms with van der Waals surface area (Å²) in [7, 11) is 0. The Morgan fingerprint density at radius 3 is 2.72 bits per heavy atom. The topological polar surface area (TPSA) is 111 Å². The first-order valence-electron chi connectivity index (χ1n) is 8.90. The first kappa shape index (κ1) is 20.7. The van der Waals surface area contributed by atoms with Gasteiger partial charge >= 0.3 is 0 Å². The van der Waals surface area contributed by atoms with E-state index in [2.05, 4.69) is 4.99 Å². The van der Waals surface area contributed by atoms with Crippen LogP contribution in [0.1, 0.15) is 17.3 Å². The first-order chi connectivity index (χ1) is 14.0. The van der Waals surface area contributed by atoms with E-state index in [1.807, 2.05) is 42.5 Å². The van der Waals surface area contributed by atoms with Crippen molar-refractivity contribution in [2.75, 3.05) is 17.6 Å². The molecule has 150 valence electrons. The molecule has 0 saturated heterocycles. The van der Waals surface area contributed by atoms with Crippen LogP contribution < -0.4 is 15.7 Å². The van der Waals surface area contributed by atoms with Crippen molar-refractivity contribution in [1.29, 1.82) is 0 Å². The molecule has 0 radical (unpaired) electrons. The molecule has 0 aliphatic heterocycles. The highest BCUT2D eigenvalue weighted by Gasteiger charge is 2.12. The average molecular weight is 410 g/mol. The molecule has 0 bridgehead atoms. The minimum absolute atomic E-state index is 0.0395. The van der Waals surface area contributed by atoms with E-state index in [-0.39, 0.29) is 38.9 Å². The van der Waals surface area contributed by atoms with Crippen LogP contribution >= 0.6 is 11.8 Å². The Hall–Kier alpha value is -3.07. The number of ketones is 1. The number of ether oxygens (including phenoxy) is 1. The highest BCUT2D eigenvalue weighted by atomic mass is 32.2. The number of nitrogens with zero attached hydrogens (tertiary/aromatic N) is 2. The number of nitrogens with two attached hydrogens (primary N) is 1. The number of carbonyl (C=O) groups excluding carboxylic acids is 1. The van der Waals surface area contributed by atoms with E-state index in [4.69, 9.17) is 10.5 Å². The molecule has 0 spiro atoms. The monoisotopic (exact) mass is 410 g/mol. The molecule has 3 N–H and O–H groups in total. The van der Waals surface area contributed by atoms with E-state index >= 15 is 0 Å². The smallest absolute Gasteiger partial charge is 0.173 e. The van der Waals surface area contributed by atoms with E-state index in [0.717, 1.165) is 28.2 Å². The highest BCUT2D eigenvalue weighted by molar-refractivity contribution is 8.14. The van der Waals surface area contributed by atoms with Gasteiger partial charge in [-0.25, -0.2) is 4.99 Å². The summed E-state index contributed by atoms with van der Waals surface area (Å²) in [5.41, 5.74) is 6.88. The Kier molecular flexibility index (Phi) is 6.71. The van der Waals surface area contributed by atoms with Crippen LogP contribution in [0.15, 0.2) is 65.7 Å². The fourth-order valence-electron chi connectivity index (χ4n) is 2.80. The summed E-state index contributed by atoms with van der Waals surface area (Å²) in [5.74, 6) is -0.0129. The largest absolute Gasteiger partial charge is 0.733 e. The van der Waals surface area contributed by atoms with E-state index in [0.29, 0.717) is 6.61 Å². The number of amidine groups is 1. The lowest BCUT2D eigenvalue weighted by Crippen LogP contribution is -2.13. The normalized spacial score (nSPS) is 11.5. The second-order valence-corrected chi connectivity index (χ2v) is 7.04. The standard InChI is InChI=1S/C21H20N3O4S/c1-2-28-20-11-10-15(12-18(20)24(26)27)19(25)13-29-21(22)23-17-9-5-7-14-6-3-4-8-16(14)17/h3-12,26H,2,13H2,1H3,(H2,22,23)/q-1. The molecule has 3 aromatic carbocycles. The molecule has 0 amide bonds. The molecule has 0 fully saturated rings. The van der Waals surface area contributed by atoms with Gasteiger partial charge in [0.2, 0.25) is 0 Å². The lowest BCUT2D eigenvalue weighted by molar-refractivity contribution is 0.102. The highest BCUT2D eigenvalue weighted by Crippen LogP contribution is 2.29. The van der Waals surface area contributed by atoms with Gasteiger partial charge in [-0.3, -0.25) is 10.0 Å². The number of thioether (sulfide) groups is 1. The second kappa shape index (κ2) is 9.42. The molecule has 0 aliphatic carbocycles. The predicted molar refractivity (Wildman–Crippen MR) is 117 cm³/mol. The van der Waals surface area contributed by atoms with Crippen molar-refractivity contribution in [2.24, 2.45) is 10.7 Å². The molecular weight excluding hydrogens is 390 g/mol. The number of Topliss-reactive ketones (excluding diaryl/α,β-unsaturated/α-hetero) is 1. The number of fused-ring (bicyclic) bond motifs is 1. The Bertz CT molecular complexity index is 1050. The third-order valence-corrected chi connectivity index (χ3v) is 4.93. The number of benzene rings is 3. The SMILES string of the molecule is CCOc1ccc(C(=O)CSC(N)=Nc2cccc3ccccc23)cc1N([O-])O. The van der Waals surface area contributed by atoms with Gasteiger partial charge in [-0.15, -0.1) is 0 Å². The molecule has 7 nitrogen and oxygen atoms in total. The molecule has 0 unspecified atom stereocenters. The second-order valence-electron chi connectivity index (χ2n) is 6.05. The number of hydrogen-bond acceptors (Lipinski definition) is 7. The number of anilines is 1. The number of aliphatic imine (C=N–C) groups is 1. The van der Waals surface area contributed by atoms with Crippen molar-refractivity contribution in [1.82, 2.24) is 0 Å². The molecule has 3 aromatic rings. The molecule has 0 aliphatic rings. The van der Waals surface area contributed by atoms with Gasteiger partial charge in [0.05, 0.1) is 23.7 Å². The minimum atomic E-state index is -0.314. The predicted octanol–water partition coefficient (Wildman–Crippen LogP) is 4.49. The Morgan fingerprint density at radius 1 is 1.21 bits per heavy atom. The maximum absolute atomic E-state index is 12.5. The molecular formula is C21H20N3O4S-. The third kappa shape index (κ3) is 5.05. The minimum Gasteiger partial charge on any atom is -0.733 e. The summed E-state index contributed by atoms with van der Waals surface area (Å²) in [6, 6.07) is 17.9. The molecule has 0 aromatic heterocycles. The van der Waals surface area contributed by atoms with Crippen molar-refractivity contribution in [2.45, 2.75) is 6.92 Å². The quantitative estimate of drug-likeness (QED) is 0.255. The van der Waals surface area contributed by atoms with Crippen LogP contribution in [0.3, 0.4) is 0 Å². The van der Waals surface area contributed by atoms with Gasteiger partial charge in [0.15, 0.2) is 11.0 Å². The van der Waals surface area contributed by atoms with Gasteiger partial charge in [0.1, 0.15) is 5.75 Å². The summed E-state index contributed by atoms with van der Waals surface area (Å²) in [6.45, 7) is 2.08. The van der Waals surface area contributed by atoms with Crippen LogP contribution in [-0.4, -0.2) is 28.5 Å². The Labute approximate surface area is 172 Å². The third-order valence-electron chi connectivity index (χ3n) is 4.14. The first-order valence-corrected chi connectivity index (χ1v) is 9.89. The van der Waals surface area contributed by atoms with Crippen molar-refractivity contribution < 1.29 is 14.7 Å². The average Bonchev–Trinajstić information content (AvgIpc) is 2.72. The van der Waals surface area contributed by atoms with Gasteiger partial charge in [-0.05, 0) is 36.6 Å². The summed E-state index contributed by atoms with van der Waals surface area (Å²) in [6.07, 6.45) is 0. The van der Waals surface area contributed by atoms with Crippen molar-refractivity contribution in [3.8, 4) is 5.75 Å². The molecule has 3 rings (SSSR count). The molecule has 0 saturated carbocycles. The van der Waals surface area contributed by atoms with E-state index in [1.165, 1.54) is 12.1 Å².